The molecule has 19 heavy (non-hydrogen) atoms. The zero-order valence-electron chi connectivity index (χ0n) is 10.3. The van der Waals surface area contributed by atoms with Crippen molar-refractivity contribution in [1.29, 1.82) is 0 Å². The van der Waals surface area contributed by atoms with Gasteiger partial charge in [-0.25, -0.2) is 13.1 Å². The molecule has 0 fully saturated rings. The number of aromatic nitrogens is 1. The first-order valence-electron chi connectivity index (χ1n) is 5.68. The van der Waals surface area contributed by atoms with Crippen LogP contribution >= 0.6 is 27.3 Å². The molecule has 0 spiro atoms. The number of rotatable bonds is 5. The predicted molar refractivity (Wildman–Crippen MR) is 79.7 cm³/mol. The van der Waals surface area contributed by atoms with Gasteiger partial charge in [-0.2, -0.15) is 0 Å². The van der Waals surface area contributed by atoms with Crippen LogP contribution in [0.4, 0.5) is 0 Å². The van der Waals surface area contributed by atoms with Crippen molar-refractivity contribution in [3.05, 3.63) is 44.8 Å². The van der Waals surface area contributed by atoms with Crippen LogP contribution in [0.5, 0.6) is 0 Å². The van der Waals surface area contributed by atoms with Crippen LogP contribution in [0.15, 0.2) is 39.3 Å². The third-order valence-electron chi connectivity index (χ3n) is 2.63. The first kappa shape index (κ1) is 14.6. The van der Waals surface area contributed by atoms with Crippen LogP contribution in [0.1, 0.15) is 17.4 Å². The number of halogens is 1. The smallest absolute Gasteiger partial charge is 0.242 e. The minimum absolute atomic E-state index is 0.163. The number of aryl methyl sites for hydroxylation is 1. The van der Waals surface area contributed by atoms with Crippen LogP contribution < -0.4 is 4.72 Å². The quantitative estimate of drug-likeness (QED) is 0.891. The zero-order valence-corrected chi connectivity index (χ0v) is 13.5. The van der Waals surface area contributed by atoms with E-state index in [-0.39, 0.29) is 4.90 Å². The number of hydrogen-bond donors (Lipinski definition) is 1. The summed E-state index contributed by atoms with van der Waals surface area (Å²) in [5, 5.41) is 1.98. The largest absolute Gasteiger partial charge is 0.262 e. The van der Waals surface area contributed by atoms with Crippen LogP contribution in [0, 0.1) is 0 Å². The topological polar surface area (TPSA) is 59.1 Å². The van der Waals surface area contributed by atoms with Crippen LogP contribution in [0.25, 0.3) is 0 Å². The van der Waals surface area contributed by atoms with Gasteiger partial charge < -0.3 is 0 Å². The van der Waals surface area contributed by atoms with Gasteiger partial charge in [0, 0.05) is 28.3 Å². The Morgan fingerprint density at radius 2 is 2.21 bits per heavy atom. The van der Waals surface area contributed by atoms with Crippen molar-refractivity contribution in [2.45, 2.75) is 24.8 Å². The summed E-state index contributed by atoms with van der Waals surface area (Å²) in [6, 6.07) is 3.56. The Morgan fingerprint density at radius 3 is 2.89 bits per heavy atom. The SMILES string of the molecule is CCc1ccsc1CNS(=O)(=O)c1cncc(Br)c1. The van der Waals surface area contributed by atoms with E-state index in [0.29, 0.717) is 11.0 Å². The van der Waals surface area contributed by atoms with Gasteiger partial charge in [0.05, 0.1) is 0 Å². The van der Waals surface area contributed by atoms with Crippen molar-refractivity contribution >= 4 is 37.3 Å². The lowest BCUT2D eigenvalue weighted by Gasteiger charge is -2.07. The molecule has 0 saturated carbocycles. The highest BCUT2D eigenvalue weighted by atomic mass is 79.9. The summed E-state index contributed by atoms with van der Waals surface area (Å²) in [6.07, 6.45) is 3.79. The first-order chi connectivity index (χ1) is 9.03. The van der Waals surface area contributed by atoms with E-state index in [9.17, 15) is 8.42 Å². The first-order valence-corrected chi connectivity index (χ1v) is 8.84. The molecule has 0 aromatic carbocycles. The molecule has 0 atom stereocenters. The molecule has 2 aromatic heterocycles. The molecule has 2 heterocycles. The molecule has 0 aliphatic carbocycles. The van der Waals surface area contributed by atoms with E-state index < -0.39 is 10.0 Å². The maximum atomic E-state index is 12.1. The Balaban J connectivity index is 2.14. The van der Waals surface area contributed by atoms with Crippen LogP contribution in [-0.2, 0) is 23.0 Å². The molecule has 2 aromatic rings. The van der Waals surface area contributed by atoms with Gasteiger partial charge in [-0.15, -0.1) is 11.3 Å². The summed E-state index contributed by atoms with van der Waals surface area (Å²) in [5.74, 6) is 0. The zero-order chi connectivity index (χ0) is 13.9. The maximum Gasteiger partial charge on any atom is 0.242 e. The number of nitrogens with zero attached hydrogens (tertiary/aromatic N) is 1. The van der Waals surface area contributed by atoms with Crippen molar-refractivity contribution in [3.63, 3.8) is 0 Å². The molecular weight excluding hydrogens is 348 g/mol. The Hall–Kier alpha value is -0.760. The van der Waals surface area contributed by atoms with E-state index >= 15 is 0 Å². The Kier molecular flexibility index (Phi) is 4.72. The molecule has 1 N–H and O–H groups in total. The van der Waals surface area contributed by atoms with Crippen LogP contribution in [-0.4, -0.2) is 13.4 Å². The summed E-state index contributed by atoms with van der Waals surface area (Å²) in [5.41, 5.74) is 1.18. The predicted octanol–water partition coefficient (Wildman–Crippen LogP) is 2.95. The van der Waals surface area contributed by atoms with Crippen molar-refractivity contribution in [3.8, 4) is 0 Å². The highest BCUT2D eigenvalue weighted by Gasteiger charge is 2.15. The van der Waals surface area contributed by atoms with Gasteiger partial charge in [-0.1, -0.05) is 6.92 Å². The third kappa shape index (κ3) is 3.62. The second-order valence-electron chi connectivity index (χ2n) is 3.89. The van der Waals surface area contributed by atoms with Crippen LogP contribution in [0.3, 0.4) is 0 Å². The van der Waals surface area contributed by atoms with E-state index in [1.165, 1.54) is 17.8 Å². The van der Waals surface area contributed by atoms with E-state index in [0.717, 1.165) is 11.3 Å². The second-order valence-corrected chi connectivity index (χ2v) is 7.57. The Bertz CT molecular complexity index is 668. The lowest BCUT2D eigenvalue weighted by molar-refractivity contribution is 0.581. The highest BCUT2D eigenvalue weighted by Crippen LogP contribution is 2.19. The molecule has 102 valence electrons. The second kappa shape index (κ2) is 6.13. The normalized spacial score (nSPS) is 11.7. The molecule has 0 aliphatic heterocycles. The minimum atomic E-state index is -3.52. The molecule has 2 rings (SSSR count). The number of sulfonamides is 1. The lowest BCUT2D eigenvalue weighted by Crippen LogP contribution is -2.23. The maximum absolute atomic E-state index is 12.1. The van der Waals surface area contributed by atoms with Gasteiger partial charge in [-0.05, 0) is 45.4 Å². The number of hydrogen-bond acceptors (Lipinski definition) is 4. The molecule has 4 nitrogen and oxygen atoms in total. The fourth-order valence-electron chi connectivity index (χ4n) is 1.62. The van der Waals surface area contributed by atoms with Gasteiger partial charge >= 0.3 is 0 Å². The van der Waals surface area contributed by atoms with Gasteiger partial charge in [0.15, 0.2) is 0 Å². The molecular formula is C12H13BrN2O2S2. The Labute approximate surface area is 125 Å². The fraction of sp³-hybridized carbons (Fsp3) is 0.250. The fourth-order valence-corrected chi connectivity index (χ4v) is 4.13. The van der Waals surface area contributed by atoms with Gasteiger partial charge in [-0.3, -0.25) is 4.98 Å². The summed E-state index contributed by atoms with van der Waals surface area (Å²) < 4.78 is 27.5. The summed E-state index contributed by atoms with van der Waals surface area (Å²) in [7, 11) is -3.52. The monoisotopic (exact) mass is 360 g/mol. The van der Waals surface area contributed by atoms with Gasteiger partial charge in [0.2, 0.25) is 10.0 Å². The highest BCUT2D eigenvalue weighted by molar-refractivity contribution is 9.10. The average Bonchev–Trinajstić information content (AvgIpc) is 2.84. The van der Waals surface area contributed by atoms with Crippen molar-refractivity contribution in [1.82, 2.24) is 9.71 Å². The lowest BCUT2D eigenvalue weighted by atomic mass is 10.2. The number of nitrogens with one attached hydrogen (secondary N) is 1. The average molecular weight is 361 g/mol. The standard InChI is InChI=1S/C12H13BrN2O2S2/c1-2-9-3-4-18-12(9)8-15-19(16,17)11-5-10(13)6-14-7-11/h3-7,15H,2,8H2,1H3. The molecule has 0 radical (unpaired) electrons. The molecule has 0 aliphatic rings. The number of thiophene rings is 1. The third-order valence-corrected chi connectivity index (χ3v) is 5.40. The summed E-state index contributed by atoms with van der Waals surface area (Å²) >= 11 is 4.78. The van der Waals surface area contributed by atoms with E-state index in [4.69, 9.17) is 0 Å². The molecule has 7 heteroatoms. The van der Waals surface area contributed by atoms with Crippen LogP contribution in [0.2, 0.25) is 0 Å². The molecule has 0 bridgehead atoms. The number of pyridine rings is 1. The molecule has 0 amide bonds. The molecule has 0 unspecified atom stereocenters. The molecule has 0 saturated heterocycles. The van der Waals surface area contributed by atoms with Crippen molar-refractivity contribution in [2.75, 3.05) is 0 Å². The van der Waals surface area contributed by atoms with E-state index in [1.807, 2.05) is 11.4 Å². The van der Waals surface area contributed by atoms with Gasteiger partial charge in [0.25, 0.3) is 0 Å². The van der Waals surface area contributed by atoms with Crippen molar-refractivity contribution in [2.24, 2.45) is 0 Å². The minimum Gasteiger partial charge on any atom is -0.262 e. The summed E-state index contributed by atoms with van der Waals surface area (Å²) in [4.78, 5) is 5.08. The van der Waals surface area contributed by atoms with Crippen molar-refractivity contribution < 1.29 is 8.42 Å². The summed E-state index contributed by atoms with van der Waals surface area (Å²) in [6.45, 7) is 2.37. The van der Waals surface area contributed by atoms with Gasteiger partial charge in [0.1, 0.15) is 4.90 Å². The Morgan fingerprint density at radius 1 is 1.42 bits per heavy atom. The van der Waals surface area contributed by atoms with E-state index in [2.05, 4.69) is 32.6 Å². The van der Waals surface area contributed by atoms with E-state index in [1.54, 1.807) is 17.5 Å².